The van der Waals surface area contributed by atoms with Crippen molar-refractivity contribution in [2.45, 2.75) is 6.54 Å². The molecule has 0 aliphatic rings. The number of carbonyl (C=O) groups is 1. The van der Waals surface area contributed by atoms with Crippen LogP contribution in [-0.4, -0.2) is 24.6 Å². The molecule has 0 N–H and O–H groups in total. The van der Waals surface area contributed by atoms with Gasteiger partial charge in [-0.1, -0.05) is 22.0 Å². The zero-order chi connectivity index (χ0) is 11.5. The molecule has 16 heavy (non-hydrogen) atoms. The number of benzene rings is 1. The first-order valence-corrected chi connectivity index (χ1v) is 5.78. The Morgan fingerprint density at radius 2 is 2.31 bits per heavy atom. The van der Waals surface area contributed by atoms with Gasteiger partial charge in [-0.25, -0.2) is 0 Å². The van der Waals surface area contributed by atoms with Gasteiger partial charge >= 0.3 is 0 Å². The summed E-state index contributed by atoms with van der Waals surface area (Å²) < 4.78 is 8.03. The fraction of sp³-hybridized carbons (Fsp3) is 0.250. The monoisotopic (exact) mass is 281 g/mol. The van der Waals surface area contributed by atoms with Crippen molar-refractivity contribution in [1.82, 2.24) is 4.57 Å². The van der Waals surface area contributed by atoms with E-state index in [2.05, 4.69) is 15.9 Å². The first-order valence-electron chi connectivity index (χ1n) is 4.99. The first kappa shape index (κ1) is 11.4. The predicted octanol–water partition coefficient (Wildman–Crippen LogP) is 2.86. The molecule has 84 valence electrons. The minimum atomic E-state index is 0.634. The lowest BCUT2D eigenvalue weighted by Gasteiger charge is -2.04. The second kappa shape index (κ2) is 4.80. The average Bonchev–Trinajstić information content (AvgIpc) is 2.66. The van der Waals surface area contributed by atoms with Crippen molar-refractivity contribution in [3.05, 3.63) is 34.4 Å². The molecule has 0 spiro atoms. The molecule has 0 unspecified atom stereocenters. The summed E-state index contributed by atoms with van der Waals surface area (Å²) in [5.74, 6) is 0. The van der Waals surface area contributed by atoms with Crippen molar-refractivity contribution >= 4 is 33.1 Å². The summed E-state index contributed by atoms with van der Waals surface area (Å²) in [6, 6.07) is 5.91. The number of aldehydes is 1. The number of aromatic nitrogens is 1. The van der Waals surface area contributed by atoms with Crippen LogP contribution in [0.1, 0.15) is 10.4 Å². The van der Waals surface area contributed by atoms with E-state index in [1.165, 1.54) is 0 Å². The SMILES string of the molecule is COCCn1cc(C=O)c2c(Br)cccc21. The second-order valence-corrected chi connectivity index (χ2v) is 4.38. The summed E-state index contributed by atoms with van der Waals surface area (Å²) in [6.07, 6.45) is 2.75. The molecule has 0 atom stereocenters. The molecule has 1 aromatic carbocycles. The Balaban J connectivity index is 2.59. The zero-order valence-electron chi connectivity index (χ0n) is 8.94. The Kier molecular flexibility index (Phi) is 3.41. The molecule has 3 nitrogen and oxygen atoms in total. The predicted molar refractivity (Wildman–Crippen MR) is 66.9 cm³/mol. The van der Waals surface area contributed by atoms with E-state index in [9.17, 15) is 4.79 Å². The minimum Gasteiger partial charge on any atom is -0.383 e. The summed E-state index contributed by atoms with van der Waals surface area (Å²) in [7, 11) is 1.67. The highest BCUT2D eigenvalue weighted by Crippen LogP contribution is 2.28. The van der Waals surface area contributed by atoms with Gasteiger partial charge in [-0.2, -0.15) is 0 Å². The van der Waals surface area contributed by atoms with Crippen LogP contribution in [0.5, 0.6) is 0 Å². The molecule has 0 radical (unpaired) electrons. The third kappa shape index (κ3) is 1.90. The van der Waals surface area contributed by atoms with Crippen LogP contribution in [0.25, 0.3) is 10.9 Å². The van der Waals surface area contributed by atoms with Crippen molar-refractivity contribution < 1.29 is 9.53 Å². The van der Waals surface area contributed by atoms with E-state index >= 15 is 0 Å². The van der Waals surface area contributed by atoms with Crippen molar-refractivity contribution in [3.8, 4) is 0 Å². The molecule has 4 heteroatoms. The Morgan fingerprint density at radius 1 is 1.50 bits per heavy atom. The molecular formula is C12H12BrNO2. The molecular weight excluding hydrogens is 270 g/mol. The van der Waals surface area contributed by atoms with Gasteiger partial charge in [0.25, 0.3) is 0 Å². The lowest BCUT2D eigenvalue weighted by Crippen LogP contribution is -2.02. The van der Waals surface area contributed by atoms with E-state index in [1.807, 2.05) is 29.0 Å². The lowest BCUT2D eigenvalue weighted by atomic mass is 10.2. The summed E-state index contributed by atoms with van der Waals surface area (Å²) >= 11 is 3.47. The fourth-order valence-electron chi connectivity index (χ4n) is 1.80. The highest BCUT2D eigenvalue weighted by atomic mass is 79.9. The van der Waals surface area contributed by atoms with Gasteiger partial charge in [0.2, 0.25) is 0 Å². The van der Waals surface area contributed by atoms with Gasteiger partial charge < -0.3 is 9.30 Å². The Bertz CT molecular complexity index is 519. The van der Waals surface area contributed by atoms with E-state index < -0.39 is 0 Å². The lowest BCUT2D eigenvalue weighted by molar-refractivity contribution is 0.112. The molecule has 0 saturated carbocycles. The summed E-state index contributed by atoms with van der Waals surface area (Å²) in [4.78, 5) is 11.0. The normalized spacial score (nSPS) is 10.9. The Hall–Kier alpha value is -1.13. The second-order valence-electron chi connectivity index (χ2n) is 3.52. The topological polar surface area (TPSA) is 31.2 Å². The average molecular weight is 282 g/mol. The molecule has 0 bridgehead atoms. The maximum atomic E-state index is 11.0. The Morgan fingerprint density at radius 3 is 3.00 bits per heavy atom. The highest BCUT2D eigenvalue weighted by Gasteiger charge is 2.10. The van der Waals surface area contributed by atoms with E-state index in [0.717, 1.165) is 28.2 Å². The van der Waals surface area contributed by atoms with Crippen molar-refractivity contribution in [1.29, 1.82) is 0 Å². The van der Waals surface area contributed by atoms with E-state index in [-0.39, 0.29) is 0 Å². The maximum Gasteiger partial charge on any atom is 0.152 e. The molecule has 2 rings (SSSR count). The minimum absolute atomic E-state index is 0.634. The first-order chi connectivity index (χ1) is 7.77. The van der Waals surface area contributed by atoms with Crippen LogP contribution in [-0.2, 0) is 11.3 Å². The number of hydrogen-bond acceptors (Lipinski definition) is 2. The number of carbonyl (C=O) groups excluding carboxylic acids is 1. The van der Waals surface area contributed by atoms with Gasteiger partial charge in [-0.15, -0.1) is 0 Å². The van der Waals surface area contributed by atoms with Crippen molar-refractivity contribution in [3.63, 3.8) is 0 Å². The largest absolute Gasteiger partial charge is 0.383 e. The maximum absolute atomic E-state index is 11.0. The number of fused-ring (bicyclic) bond motifs is 1. The summed E-state index contributed by atoms with van der Waals surface area (Å²) in [5.41, 5.74) is 1.76. The van der Waals surface area contributed by atoms with E-state index in [1.54, 1.807) is 7.11 Å². The summed E-state index contributed by atoms with van der Waals surface area (Å²) in [6.45, 7) is 1.38. The van der Waals surface area contributed by atoms with Crippen LogP contribution >= 0.6 is 15.9 Å². The van der Waals surface area contributed by atoms with Gasteiger partial charge in [0.15, 0.2) is 6.29 Å². The number of rotatable bonds is 4. The van der Waals surface area contributed by atoms with Crippen molar-refractivity contribution in [2.75, 3.05) is 13.7 Å². The zero-order valence-corrected chi connectivity index (χ0v) is 10.5. The van der Waals surface area contributed by atoms with Gasteiger partial charge in [0.1, 0.15) is 0 Å². The molecule has 2 aromatic rings. The third-order valence-electron chi connectivity index (χ3n) is 2.55. The standard InChI is InChI=1S/C12H12BrNO2/c1-16-6-5-14-7-9(8-15)12-10(13)3-2-4-11(12)14/h2-4,7-8H,5-6H2,1H3. The quantitative estimate of drug-likeness (QED) is 0.807. The molecule has 1 heterocycles. The van der Waals surface area contributed by atoms with Crippen molar-refractivity contribution in [2.24, 2.45) is 0 Å². The third-order valence-corrected chi connectivity index (χ3v) is 3.21. The molecule has 1 aromatic heterocycles. The number of methoxy groups -OCH3 is 1. The molecule has 0 fully saturated rings. The van der Waals surface area contributed by atoms with Crippen LogP contribution < -0.4 is 0 Å². The number of halogens is 1. The number of nitrogens with zero attached hydrogens (tertiary/aromatic N) is 1. The fourth-order valence-corrected chi connectivity index (χ4v) is 2.39. The number of hydrogen-bond donors (Lipinski definition) is 0. The molecule has 0 aliphatic heterocycles. The van der Waals surface area contributed by atoms with Gasteiger partial charge in [0, 0.05) is 40.8 Å². The molecule has 0 aliphatic carbocycles. The van der Waals surface area contributed by atoms with Crippen LogP contribution in [0.2, 0.25) is 0 Å². The van der Waals surface area contributed by atoms with Crippen LogP contribution in [0, 0.1) is 0 Å². The molecule has 0 amide bonds. The van der Waals surface area contributed by atoms with Crippen LogP contribution in [0.4, 0.5) is 0 Å². The Labute approximate surface area is 102 Å². The smallest absolute Gasteiger partial charge is 0.152 e. The van der Waals surface area contributed by atoms with Crippen LogP contribution in [0.3, 0.4) is 0 Å². The van der Waals surface area contributed by atoms with Crippen LogP contribution in [0.15, 0.2) is 28.9 Å². The van der Waals surface area contributed by atoms with Gasteiger partial charge in [0.05, 0.1) is 6.61 Å². The number of ether oxygens (including phenoxy) is 1. The van der Waals surface area contributed by atoms with E-state index in [0.29, 0.717) is 12.2 Å². The highest BCUT2D eigenvalue weighted by molar-refractivity contribution is 9.10. The van der Waals surface area contributed by atoms with E-state index in [4.69, 9.17) is 4.74 Å². The summed E-state index contributed by atoms with van der Waals surface area (Å²) in [5, 5.41) is 0.966. The molecule has 0 saturated heterocycles. The van der Waals surface area contributed by atoms with Gasteiger partial charge in [-0.3, -0.25) is 4.79 Å². The van der Waals surface area contributed by atoms with Gasteiger partial charge in [-0.05, 0) is 12.1 Å².